The number of rotatable bonds is 5. The standard InChI is InChI=1S/C21H22Cl2N2O3/c22-17-5-4-15(18(23)9-17)11-25-7-1-2-16(12-25)21(26)24-10-14-3-6-19-20(8-14)28-13-27-19/h3-6,8-9,16H,1-2,7,10-13H2,(H,24,26). The second-order valence-corrected chi connectivity index (χ2v) is 8.06. The van der Waals surface area contributed by atoms with E-state index in [1.807, 2.05) is 30.3 Å². The minimum absolute atomic E-state index is 0.0196. The number of likely N-dealkylation sites (tertiary alicyclic amines) is 1. The highest BCUT2D eigenvalue weighted by molar-refractivity contribution is 6.35. The third-order valence-corrected chi connectivity index (χ3v) is 5.78. The highest BCUT2D eigenvalue weighted by Crippen LogP contribution is 2.32. The van der Waals surface area contributed by atoms with Crippen molar-refractivity contribution in [2.45, 2.75) is 25.9 Å². The first-order valence-electron chi connectivity index (χ1n) is 9.41. The van der Waals surface area contributed by atoms with Crippen LogP contribution in [-0.4, -0.2) is 30.7 Å². The molecule has 2 aliphatic rings. The second kappa shape index (κ2) is 8.60. The average molecular weight is 421 g/mol. The van der Waals surface area contributed by atoms with Crippen LogP contribution in [0.15, 0.2) is 36.4 Å². The number of benzene rings is 2. The Balaban J connectivity index is 1.31. The molecule has 2 aromatic carbocycles. The predicted molar refractivity (Wildman–Crippen MR) is 109 cm³/mol. The molecule has 1 unspecified atom stereocenters. The van der Waals surface area contributed by atoms with Gasteiger partial charge in [-0.1, -0.05) is 35.3 Å². The molecule has 2 heterocycles. The minimum Gasteiger partial charge on any atom is -0.454 e. The summed E-state index contributed by atoms with van der Waals surface area (Å²) in [6.45, 7) is 3.15. The number of hydrogen-bond acceptors (Lipinski definition) is 4. The van der Waals surface area contributed by atoms with Crippen molar-refractivity contribution in [2.24, 2.45) is 5.92 Å². The summed E-state index contributed by atoms with van der Waals surface area (Å²) in [7, 11) is 0. The maximum absolute atomic E-state index is 12.7. The van der Waals surface area contributed by atoms with Gasteiger partial charge in [-0.3, -0.25) is 9.69 Å². The summed E-state index contributed by atoms with van der Waals surface area (Å²) in [4.78, 5) is 15.0. The number of hydrogen-bond donors (Lipinski definition) is 1. The summed E-state index contributed by atoms with van der Waals surface area (Å²) >= 11 is 12.3. The molecule has 1 saturated heterocycles. The summed E-state index contributed by atoms with van der Waals surface area (Å²) in [5.41, 5.74) is 2.03. The van der Waals surface area contributed by atoms with E-state index in [-0.39, 0.29) is 18.6 Å². The zero-order valence-corrected chi connectivity index (χ0v) is 16.9. The summed E-state index contributed by atoms with van der Waals surface area (Å²) in [5, 5.41) is 4.36. The molecule has 1 atom stereocenters. The average Bonchev–Trinajstić information content (AvgIpc) is 3.16. The number of piperidine rings is 1. The molecule has 0 bridgehead atoms. The first-order chi connectivity index (χ1) is 13.6. The van der Waals surface area contributed by atoms with Gasteiger partial charge in [-0.2, -0.15) is 0 Å². The van der Waals surface area contributed by atoms with Crippen LogP contribution < -0.4 is 14.8 Å². The quantitative estimate of drug-likeness (QED) is 0.785. The van der Waals surface area contributed by atoms with Crippen molar-refractivity contribution < 1.29 is 14.3 Å². The maximum atomic E-state index is 12.7. The van der Waals surface area contributed by atoms with Crippen LogP contribution in [0, 0.1) is 5.92 Å². The van der Waals surface area contributed by atoms with Gasteiger partial charge in [0.2, 0.25) is 12.7 Å². The number of halogens is 2. The normalized spacial score (nSPS) is 18.9. The topological polar surface area (TPSA) is 50.8 Å². The molecule has 1 N–H and O–H groups in total. The molecular weight excluding hydrogens is 399 g/mol. The molecule has 0 radical (unpaired) electrons. The van der Waals surface area contributed by atoms with Gasteiger partial charge in [0.15, 0.2) is 11.5 Å². The van der Waals surface area contributed by atoms with Gasteiger partial charge in [0.25, 0.3) is 0 Å². The molecule has 0 aromatic heterocycles. The molecule has 0 spiro atoms. The minimum atomic E-state index is -0.0196. The molecule has 148 valence electrons. The van der Waals surface area contributed by atoms with Crippen LogP contribution in [0.1, 0.15) is 24.0 Å². The van der Waals surface area contributed by atoms with Crippen molar-refractivity contribution in [1.29, 1.82) is 0 Å². The van der Waals surface area contributed by atoms with Crippen molar-refractivity contribution in [1.82, 2.24) is 10.2 Å². The van der Waals surface area contributed by atoms with E-state index in [1.165, 1.54) is 0 Å². The van der Waals surface area contributed by atoms with Crippen molar-refractivity contribution in [2.75, 3.05) is 19.9 Å². The molecule has 0 saturated carbocycles. The van der Waals surface area contributed by atoms with E-state index in [0.717, 1.165) is 55.1 Å². The van der Waals surface area contributed by atoms with E-state index in [2.05, 4.69) is 10.2 Å². The molecule has 2 aliphatic heterocycles. The van der Waals surface area contributed by atoms with E-state index < -0.39 is 0 Å². The lowest BCUT2D eigenvalue weighted by atomic mass is 9.96. The Morgan fingerprint density at radius 1 is 1.14 bits per heavy atom. The third kappa shape index (κ3) is 4.54. The van der Waals surface area contributed by atoms with Crippen LogP contribution in [0.3, 0.4) is 0 Å². The van der Waals surface area contributed by atoms with E-state index in [4.69, 9.17) is 32.7 Å². The van der Waals surface area contributed by atoms with Crippen molar-refractivity contribution in [3.63, 3.8) is 0 Å². The zero-order valence-electron chi connectivity index (χ0n) is 15.4. The molecule has 1 fully saturated rings. The lowest BCUT2D eigenvalue weighted by Crippen LogP contribution is -2.42. The van der Waals surface area contributed by atoms with Crippen LogP contribution in [0.5, 0.6) is 11.5 Å². The number of nitrogens with one attached hydrogen (secondary N) is 1. The second-order valence-electron chi connectivity index (χ2n) is 7.22. The van der Waals surface area contributed by atoms with Gasteiger partial charge in [0.1, 0.15) is 0 Å². The van der Waals surface area contributed by atoms with Crippen LogP contribution >= 0.6 is 23.2 Å². The van der Waals surface area contributed by atoms with E-state index in [0.29, 0.717) is 16.6 Å². The van der Waals surface area contributed by atoms with E-state index in [9.17, 15) is 4.79 Å². The number of carbonyl (C=O) groups excluding carboxylic acids is 1. The number of carbonyl (C=O) groups is 1. The molecule has 5 nitrogen and oxygen atoms in total. The first kappa shape index (κ1) is 19.4. The van der Waals surface area contributed by atoms with Crippen LogP contribution in [0.4, 0.5) is 0 Å². The van der Waals surface area contributed by atoms with E-state index in [1.54, 1.807) is 6.07 Å². The number of amides is 1. The van der Waals surface area contributed by atoms with Crippen molar-refractivity contribution in [3.05, 3.63) is 57.6 Å². The SMILES string of the molecule is O=C(NCc1ccc2c(c1)OCO2)C1CCCN(Cc2ccc(Cl)cc2Cl)C1. The zero-order chi connectivity index (χ0) is 19.5. The van der Waals surface area contributed by atoms with Crippen LogP contribution in [0.2, 0.25) is 10.0 Å². The van der Waals surface area contributed by atoms with Crippen molar-refractivity contribution >= 4 is 29.1 Å². The number of nitrogens with zero attached hydrogens (tertiary/aromatic N) is 1. The van der Waals surface area contributed by atoms with Gasteiger partial charge in [0, 0.05) is 29.7 Å². The predicted octanol–water partition coefficient (Wildman–Crippen LogP) is 4.25. The lowest BCUT2D eigenvalue weighted by molar-refractivity contribution is -0.126. The smallest absolute Gasteiger partial charge is 0.231 e. The molecular formula is C21H22Cl2N2O3. The Kier molecular flexibility index (Phi) is 5.95. The summed E-state index contributed by atoms with van der Waals surface area (Å²) in [5.74, 6) is 1.55. The van der Waals surface area contributed by atoms with Crippen molar-refractivity contribution in [3.8, 4) is 11.5 Å². The number of ether oxygens (including phenoxy) is 2. The largest absolute Gasteiger partial charge is 0.454 e. The highest BCUT2D eigenvalue weighted by Gasteiger charge is 2.26. The fraction of sp³-hybridized carbons (Fsp3) is 0.381. The molecule has 1 amide bonds. The summed E-state index contributed by atoms with van der Waals surface area (Å²) in [6, 6.07) is 11.3. The van der Waals surface area contributed by atoms with Gasteiger partial charge in [-0.15, -0.1) is 0 Å². The monoisotopic (exact) mass is 420 g/mol. The first-order valence-corrected chi connectivity index (χ1v) is 10.2. The Morgan fingerprint density at radius 2 is 2.00 bits per heavy atom. The van der Waals surface area contributed by atoms with Gasteiger partial charge >= 0.3 is 0 Å². The Labute approximate surface area is 174 Å². The lowest BCUT2D eigenvalue weighted by Gasteiger charge is -2.32. The fourth-order valence-corrected chi connectivity index (χ4v) is 4.16. The molecule has 4 rings (SSSR count). The van der Waals surface area contributed by atoms with Crippen LogP contribution in [-0.2, 0) is 17.9 Å². The fourth-order valence-electron chi connectivity index (χ4n) is 3.69. The van der Waals surface area contributed by atoms with E-state index >= 15 is 0 Å². The van der Waals surface area contributed by atoms with Gasteiger partial charge in [-0.05, 0) is 54.8 Å². The van der Waals surface area contributed by atoms with Crippen LogP contribution in [0.25, 0.3) is 0 Å². The maximum Gasteiger partial charge on any atom is 0.231 e. The summed E-state index contributed by atoms with van der Waals surface area (Å²) < 4.78 is 10.7. The Hall–Kier alpha value is -1.95. The van der Waals surface area contributed by atoms with Gasteiger partial charge < -0.3 is 14.8 Å². The third-order valence-electron chi connectivity index (χ3n) is 5.19. The summed E-state index contributed by atoms with van der Waals surface area (Å²) in [6.07, 6.45) is 1.89. The Morgan fingerprint density at radius 3 is 2.86 bits per heavy atom. The van der Waals surface area contributed by atoms with Gasteiger partial charge in [0.05, 0.1) is 5.92 Å². The molecule has 2 aromatic rings. The van der Waals surface area contributed by atoms with Gasteiger partial charge in [-0.25, -0.2) is 0 Å². The molecule has 7 heteroatoms. The molecule has 0 aliphatic carbocycles. The number of fused-ring (bicyclic) bond motifs is 1. The Bertz CT molecular complexity index is 875. The molecule has 28 heavy (non-hydrogen) atoms. The highest BCUT2D eigenvalue weighted by atomic mass is 35.5.